The van der Waals surface area contributed by atoms with Crippen molar-refractivity contribution in [1.82, 2.24) is 5.32 Å². The molecule has 1 amide bonds. The van der Waals surface area contributed by atoms with E-state index < -0.39 is 5.97 Å². The highest BCUT2D eigenvalue weighted by molar-refractivity contribution is 5.89. The van der Waals surface area contributed by atoms with Crippen LogP contribution in [0.4, 0.5) is 0 Å². The van der Waals surface area contributed by atoms with Gasteiger partial charge in [0.1, 0.15) is 0 Å². The summed E-state index contributed by atoms with van der Waals surface area (Å²) in [6, 6.07) is 7.02. The van der Waals surface area contributed by atoms with Gasteiger partial charge in [0.25, 0.3) is 0 Å². The zero-order valence-corrected chi connectivity index (χ0v) is 9.93. The maximum atomic E-state index is 12.0. The number of fused-ring (bicyclic) bond motifs is 1. The van der Waals surface area contributed by atoms with E-state index in [1.165, 1.54) is 6.42 Å². The third-order valence-electron chi connectivity index (χ3n) is 4.12. The van der Waals surface area contributed by atoms with Crippen molar-refractivity contribution in [1.29, 1.82) is 0 Å². The van der Waals surface area contributed by atoms with E-state index in [4.69, 9.17) is 5.11 Å². The number of hydrogen-bond donors (Lipinski definition) is 2. The number of carboxylic acids is 1. The highest BCUT2D eigenvalue weighted by Crippen LogP contribution is 2.42. The molecule has 94 valence electrons. The molecule has 2 aliphatic rings. The van der Waals surface area contributed by atoms with Gasteiger partial charge in [0, 0.05) is 6.04 Å². The monoisotopic (exact) mass is 245 g/mol. The minimum Gasteiger partial charge on any atom is -0.478 e. The van der Waals surface area contributed by atoms with E-state index in [1.54, 1.807) is 24.3 Å². The average Bonchev–Trinajstić information content (AvgIpc) is 2.89. The minimum atomic E-state index is -0.934. The average molecular weight is 245 g/mol. The van der Waals surface area contributed by atoms with Crippen LogP contribution in [0.1, 0.15) is 41.1 Å². The van der Waals surface area contributed by atoms with Crippen molar-refractivity contribution >= 4 is 11.9 Å². The first kappa shape index (κ1) is 11.3. The summed E-state index contributed by atoms with van der Waals surface area (Å²) < 4.78 is 0. The number of carboxylic acid groups (broad SMARTS) is 1. The third kappa shape index (κ3) is 1.68. The lowest BCUT2D eigenvalue weighted by Gasteiger charge is -2.15. The van der Waals surface area contributed by atoms with E-state index in [0.29, 0.717) is 12.0 Å². The smallest absolute Gasteiger partial charge is 0.335 e. The minimum absolute atomic E-state index is 0.0905. The third-order valence-corrected chi connectivity index (χ3v) is 4.12. The summed E-state index contributed by atoms with van der Waals surface area (Å²) in [7, 11) is 0. The Kier molecular flexibility index (Phi) is 2.58. The van der Waals surface area contributed by atoms with Crippen LogP contribution in [0, 0.1) is 5.92 Å². The zero-order valence-electron chi connectivity index (χ0n) is 9.93. The predicted molar refractivity (Wildman–Crippen MR) is 65.4 cm³/mol. The molecule has 0 spiro atoms. The lowest BCUT2D eigenvalue weighted by Crippen LogP contribution is -2.25. The van der Waals surface area contributed by atoms with E-state index in [-0.39, 0.29) is 17.4 Å². The summed E-state index contributed by atoms with van der Waals surface area (Å²) >= 11 is 0. The van der Waals surface area contributed by atoms with Crippen LogP contribution >= 0.6 is 0 Å². The molecular formula is C14H15NO3. The van der Waals surface area contributed by atoms with Crippen LogP contribution in [-0.4, -0.2) is 23.0 Å². The Morgan fingerprint density at radius 3 is 2.61 bits per heavy atom. The number of aromatic carboxylic acids is 1. The fourth-order valence-corrected chi connectivity index (χ4v) is 3.27. The molecular weight excluding hydrogens is 230 g/mol. The SMILES string of the molecule is O=C(O)c1ccc([C@@H]2C(=O)N[C@@H]3CCC[C@@H]32)cc1. The van der Waals surface area contributed by atoms with Crippen molar-refractivity contribution in [3.8, 4) is 0 Å². The van der Waals surface area contributed by atoms with Gasteiger partial charge in [-0.1, -0.05) is 18.6 Å². The lowest BCUT2D eigenvalue weighted by atomic mass is 9.86. The first-order valence-corrected chi connectivity index (χ1v) is 6.30. The standard InChI is InChI=1S/C14H15NO3/c16-13-12(10-2-1-3-11(10)15-13)8-4-6-9(7-5-8)14(17)18/h4-7,10-12H,1-3H2,(H,15,16)(H,17,18)/t10-,11+,12-/m0/s1. The molecule has 1 aromatic carbocycles. The van der Waals surface area contributed by atoms with E-state index in [2.05, 4.69) is 5.32 Å². The molecule has 3 rings (SSSR count). The number of amides is 1. The quantitative estimate of drug-likeness (QED) is 0.834. The van der Waals surface area contributed by atoms with Gasteiger partial charge in [0.15, 0.2) is 0 Å². The normalized spacial score (nSPS) is 30.0. The van der Waals surface area contributed by atoms with Crippen molar-refractivity contribution in [3.05, 3.63) is 35.4 Å². The van der Waals surface area contributed by atoms with Gasteiger partial charge in [-0.25, -0.2) is 4.79 Å². The van der Waals surface area contributed by atoms with E-state index in [9.17, 15) is 9.59 Å². The first-order chi connectivity index (χ1) is 8.66. The highest BCUT2D eigenvalue weighted by atomic mass is 16.4. The summed E-state index contributed by atoms with van der Waals surface area (Å²) in [4.78, 5) is 22.8. The molecule has 3 atom stereocenters. The van der Waals surface area contributed by atoms with Gasteiger partial charge in [0.05, 0.1) is 11.5 Å². The van der Waals surface area contributed by atoms with Gasteiger partial charge in [-0.3, -0.25) is 4.79 Å². The molecule has 1 aliphatic carbocycles. The molecule has 4 nitrogen and oxygen atoms in total. The molecule has 0 radical (unpaired) electrons. The van der Waals surface area contributed by atoms with Gasteiger partial charge in [0.2, 0.25) is 5.91 Å². The summed E-state index contributed by atoms with van der Waals surface area (Å²) in [5, 5.41) is 11.9. The Balaban J connectivity index is 1.89. The van der Waals surface area contributed by atoms with Crippen molar-refractivity contribution < 1.29 is 14.7 Å². The van der Waals surface area contributed by atoms with Crippen LogP contribution in [0.2, 0.25) is 0 Å². The number of carbonyl (C=O) groups excluding carboxylic acids is 1. The van der Waals surface area contributed by atoms with E-state index >= 15 is 0 Å². The van der Waals surface area contributed by atoms with Crippen molar-refractivity contribution in [2.45, 2.75) is 31.2 Å². The predicted octanol–water partition coefficient (Wildman–Crippen LogP) is 1.77. The number of nitrogens with one attached hydrogen (secondary N) is 1. The molecule has 1 aliphatic heterocycles. The summed E-state index contributed by atoms with van der Waals surface area (Å²) in [5.74, 6) is -0.558. The number of hydrogen-bond acceptors (Lipinski definition) is 2. The Labute approximate surface area is 105 Å². The summed E-state index contributed by atoms with van der Waals surface area (Å²) in [6.45, 7) is 0. The largest absolute Gasteiger partial charge is 0.478 e. The topological polar surface area (TPSA) is 66.4 Å². The highest BCUT2D eigenvalue weighted by Gasteiger charge is 2.45. The fourth-order valence-electron chi connectivity index (χ4n) is 3.27. The molecule has 0 bridgehead atoms. The zero-order chi connectivity index (χ0) is 12.7. The van der Waals surface area contributed by atoms with Gasteiger partial charge >= 0.3 is 5.97 Å². The molecule has 0 unspecified atom stereocenters. The van der Waals surface area contributed by atoms with Gasteiger partial charge in [-0.2, -0.15) is 0 Å². The van der Waals surface area contributed by atoms with Gasteiger partial charge in [-0.05, 0) is 36.5 Å². The van der Waals surface area contributed by atoms with Gasteiger partial charge < -0.3 is 10.4 Å². The van der Waals surface area contributed by atoms with Crippen LogP contribution in [-0.2, 0) is 4.79 Å². The second-order valence-corrected chi connectivity index (χ2v) is 5.11. The lowest BCUT2D eigenvalue weighted by molar-refractivity contribution is -0.121. The summed E-state index contributed by atoms with van der Waals surface area (Å²) in [5.41, 5.74) is 1.20. The summed E-state index contributed by atoms with van der Waals surface area (Å²) in [6.07, 6.45) is 3.31. The van der Waals surface area contributed by atoms with Crippen LogP contribution in [0.3, 0.4) is 0 Å². The van der Waals surface area contributed by atoms with Gasteiger partial charge in [-0.15, -0.1) is 0 Å². The fraction of sp³-hybridized carbons (Fsp3) is 0.429. The Hall–Kier alpha value is -1.84. The van der Waals surface area contributed by atoms with E-state index in [0.717, 1.165) is 18.4 Å². The van der Waals surface area contributed by atoms with Crippen LogP contribution in [0.25, 0.3) is 0 Å². The van der Waals surface area contributed by atoms with Crippen LogP contribution in [0.15, 0.2) is 24.3 Å². The Morgan fingerprint density at radius 1 is 1.22 bits per heavy atom. The van der Waals surface area contributed by atoms with Crippen LogP contribution < -0.4 is 5.32 Å². The molecule has 4 heteroatoms. The Morgan fingerprint density at radius 2 is 1.94 bits per heavy atom. The molecule has 0 aromatic heterocycles. The molecule has 1 aromatic rings. The Bertz CT molecular complexity index is 494. The first-order valence-electron chi connectivity index (χ1n) is 6.30. The number of carbonyl (C=O) groups is 2. The van der Waals surface area contributed by atoms with Crippen molar-refractivity contribution in [2.75, 3.05) is 0 Å². The number of rotatable bonds is 2. The maximum absolute atomic E-state index is 12.0. The van der Waals surface area contributed by atoms with E-state index in [1.807, 2.05) is 0 Å². The molecule has 18 heavy (non-hydrogen) atoms. The molecule has 1 saturated heterocycles. The number of benzene rings is 1. The second kappa shape index (κ2) is 4.12. The molecule has 2 N–H and O–H groups in total. The molecule has 1 heterocycles. The molecule has 1 saturated carbocycles. The van der Waals surface area contributed by atoms with Crippen molar-refractivity contribution in [2.24, 2.45) is 5.92 Å². The molecule has 2 fully saturated rings. The van der Waals surface area contributed by atoms with Crippen LogP contribution in [0.5, 0.6) is 0 Å². The second-order valence-electron chi connectivity index (χ2n) is 5.11. The maximum Gasteiger partial charge on any atom is 0.335 e. The van der Waals surface area contributed by atoms with Crippen molar-refractivity contribution in [3.63, 3.8) is 0 Å².